The second-order valence-electron chi connectivity index (χ2n) is 13.7. The van der Waals surface area contributed by atoms with E-state index in [1.165, 1.54) is 38.0 Å². The molecule has 0 atom stereocenters. The van der Waals surface area contributed by atoms with Crippen molar-refractivity contribution < 1.29 is 0 Å². The molecule has 8 aromatic carbocycles. The van der Waals surface area contributed by atoms with Crippen molar-refractivity contribution >= 4 is 54.4 Å². The minimum Gasteiger partial charge on any atom is -0.309 e. The van der Waals surface area contributed by atoms with Crippen LogP contribution in [0, 0.1) is 0 Å². The summed E-state index contributed by atoms with van der Waals surface area (Å²) in [6.07, 6.45) is 0. The quantitative estimate of drug-likeness (QED) is 0.181. The zero-order chi connectivity index (χ0) is 35.6. The van der Waals surface area contributed by atoms with E-state index in [2.05, 4.69) is 161 Å². The third-order valence-corrected chi connectivity index (χ3v) is 10.6. The summed E-state index contributed by atoms with van der Waals surface area (Å²) in [5.41, 5.74) is 9.78. The van der Waals surface area contributed by atoms with Gasteiger partial charge in [-0.2, -0.15) is 9.97 Å². The van der Waals surface area contributed by atoms with E-state index in [-0.39, 0.29) is 0 Å². The Morgan fingerprint density at radius 2 is 0.833 bits per heavy atom. The van der Waals surface area contributed by atoms with Gasteiger partial charge >= 0.3 is 0 Å². The number of rotatable bonds is 5. The van der Waals surface area contributed by atoms with Gasteiger partial charge in [0.1, 0.15) is 0 Å². The molecule has 11 aromatic rings. The standard InChI is InChI=1S/C49H31N5/c1-4-16-32(17-5-1)47-50-48(33-18-6-2-7-19-33)52-49(51-47)54-43-27-15-13-25-39(43)46-38-24-11-10-22-36(38)40(31-45(46)54)34-28-29-44-41(30-34)37-23-12-14-26-42(37)53(44)35-20-8-3-9-21-35/h1-31H. The van der Waals surface area contributed by atoms with Gasteiger partial charge in [0, 0.05) is 38.4 Å². The number of para-hydroxylation sites is 3. The second kappa shape index (κ2) is 12.1. The predicted molar refractivity (Wildman–Crippen MR) is 222 cm³/mol. The molecule has 54 heavy (non-hydrogen) atoms. The third-order valence-electron chi connectivity index (χ3n) is 10.6. The van der Waals surface area contributed by atoms with Crippen LogP contribution in [0.2, 0.25) is 0 Å². The van der Waals surface area contributed by atoms with Gasteiger partial charge in [-0.05, 0) is 64.4 Å². The van der Waals surface area contributed by atoms with Crippen molar-refractivity contribution in [2.24, 2.45) is 0 Å². The molecule has 0 spiro atoms. The van der Waals surface area contributed by atoms with Crippen LogP contribution in [0.25, 0.3) is 99.9 Å². The summed E-state index contributed by atoms with van der Waals surface area (Å²) in [7, 11) is 0. The minimum atomic E-state index is 0.580. The highest BCUT2D eigenvalue weighted by Crippen LogP contribution is 2.43. The number of fused-ring (bicyclic) bond motifs is 8. The molecule has 0 aliphatic heterocycles. The molecule has 0 saturated heterocycles. The highest BCUT2D eigenvalue weighted by molar-refractivity contribution is 6.24. The Bertz CT molecular complexity index is 3140. The molecule has 5 heteroatoms. The summed E-state index contributed by atoms with van der Waals surface area (Å²) >= 11 is 0. The molecule has 0 radical (unpaired) electrons. The fourth-order valence-electron chi connectivity index (χ4n) is 8.18. The van der Waals surface area contributed by atoms with Gasteiger partial charge in [-0.25, -0.2) is 4.98 Å². The zero-order valence-corrected chi connectivity index (χ0v) is 29.1. The highest BCUT2D eigenvalue weighted by Gasteiger charge is 2.22. The maximum Gasteiger partial charge on any atom is 0.238 e. The highest BCUT2D eigenvalue weighted by atomic mass is 15.2. The van der Waals surface area contributed by atoms with Crippen molar-refractivity contribution in [2.45, 2.75) is 0 Å². The van der Waals surface area contributed by atoms with Crippen LogP contribution in [0.4, 0.5) is 0 Å². The fraction of sp³-hybridized carbons (Fsp3) is 0. The number of hydrogen-bond acceptors (Lipinski definition) is 3. The maximum atomic E-state index is 5.20. The average molecular weight is 690 g/mol. The number of nitrogens with zero attached hydrogens (tertiary/aromatic N) is 5. The van der Waals surface area contributed by atoms with Gasteiger partial charge in [0.15, 0.2) is 11.6 Å². The summed E-state index contributed by atoms with van der Waals surface area (Å²) in [6.45, 7) is 0. The molecule has 11 rings (SSSR count). The molecule has 0 aliphatic carbocycles. The van der Waals surface area contributed by atoms with Crippen molar-refractivity contribution in [3.05, 3.63) is 188 Å². The van der Waals surface area contributed by atoms with Gasteiger partial charge in [0.2, 0.25) is 5.95 Å². The molecule has 0 saturated carbocycles. The first-order valence-electron chi connectivity index (χ1n) is 18.2. The van der Waals surface area contributed by atoms with Crippen molar-refractivity contribution in [3.63, 3.8) is 0 Å². The van der Waals surface area contributed by atoms with Gasteiger partial charge in [-0.3, -0.25) is 4.57 Å². The number of benzene rings is 8. The summed E-state index contributed by atoms with van der Waals surface area (Å²) in [5.74, 6) is 1.84. The predicted octanol–water partition coefficient (Wildman–Crippen LogP) is 12.2. The van der Waals surface area contributed by atoms with Gasteiger partial charge in [-0.15, -0.1) is 0 Å². The van der Waals surface area contributed by atoms with Gasteiger partial charge < -0.3 is 4.57 Å². The first-order valence-corrected chi connectivity index (χ1v) is 18.2. The second-order valence-corrected chi connectivity index (χ2v) is 13.7. The third kappa shape index (κ3) is 4.69. The summed E-state index contributed by atoms with van der Waals surface area (Å²) in [5, 5.41) is 7.16. The molecule has 252 valence electrons. The van der Waals surface area contributed by atoms with Gasteiger partial charge in [-0.1, -0.05) is 146 Å². The molecule has 3 heterocycles. The van der Waals surface area contributed by atoms with E-state index in [1.54, 1.807) is 0 Å². The van der Waals surface area contributed by atoms with E-state index < -0.39 is 0 Å². The summed E-state index contributed by atoms with van der Waals surface area (Å²) in [6, 6.07) is 66.2. The number of hydrogen-bond donors (Lipinski definition) is 0. The lowest BCUT2D eigenvalue weighted by molar-refractivity contribution is 0.954. The fourth-order valence-corrected chi connectivity index (χ4v) is 8.18. The lowest BCUT2D eigenvalue weighted by Gasteiger charge is -2.13. The van der Waals surface area contributed by atoms with E-state index in [1.807, 2.05) is 36.4 Å². The Morgan fingerprint density at radius 3 is 1.50 bits per heavy atom. The van der Waals surface area contributed by atoms with E-state index in [0.717, 1.165) is 44.4 Å². The van der Waals surface area contributed by atoms with Crippen LogP contribution >= 0.6 is 0 Å². The largest absolute Gasteiger partial charge is 0.309 e. The van der Waals surface area contributed by atoms with Crippen LogP contribution in [0.15, 0.2) is 188 Å². The Hall–Kier alpha value is -7.37. The maximum absolute atomic E-state index is 5.20. The lowest BCUT2D eigenvalue weighted by atomic mass is 9.94. The minimum absolute atomic E-state index is 0.580. The van der Waals surface area contributed by atoms with Crippen molar-refractivity contribution in [1.82, 2.24) is 24.1 Å². The van der Waals surface area contributed by atoms with Crippen LogP contribution in [0.1, 0.15) is 0 Å². The summed E-state index contributed by atoms with van der Waals surface area (Å²) in [4.78, 5) is 15.4. The molecule has 5 nitrogen and oxygen atoms in total. The molecule has 0 aliphatic rings. The Labute approximate surface area is 311 Å². The molecule has 0 bridgehead atoms. The Balaban J connectivity index is 1.22. The van der Waals surface area contributed by atoms with Crippen LogP contribution in [-0.2, 0) is 0 Å². The van der Waals surface area contributed by atoms with E-state index in [0.29, 0.717) is 17.6 Å². The van der Waals surface area contributed by atoms with Crippen molar-refractivity contribution in [3.8, 4) is 45.5 Å². The molecule has 0 N–H and O–H groups in total. The molecule has 3 aromatic heterocycles. The van der Waals surface area contributed by atoms with Crippen molar-refractivity contribution in [1.29, 1.82) is 0 Å². The number of aromatic nitrogens is 5. The van der Waals surface area contributed by atoms with Gasteiger partial charge in [0.25, 0.3) is 0 Å². The monoisotopic (exact) mass is 689 g/mol. The van der Waals surface area contributed by atoms with E-state index >= 15 is 0 Å². The van der Waals surface area contributed by atoms with Crippen molar-refractivity contribution in [2.75, 3.05) is 0 Å². The average Bonchev–Trinajstić information content (AvgIpc) is 3.77. The van der Waals surface area contributed by atoms with E-state index in [4.69, 9.17) is 15.0 Å². The molecule has 0 unspecified atom stereocenters. The topological polar surface area (TPSA) is 48.5 Å². The molecule has 0 amide bonds. The first-order chi connectivity index (χ1) is 26.8. The van der Waals surface area contributed by atoms with E-state index in [9.17, 15) is 0 Å². The zero-order valence-electron chi connectivity index (χ0n) is 29.1. The van der Waals surface area contributed by atoms with Crippen LogP contribution in [-0.4, -0.2) is 24.1 Å². The van der Waals surface area contributed by atoms with Crippen LogP contribution in [0.3, 0.4) is 0 Å². The normalized spacial score (nSPS) is 11.7. The van der Waals surface area contributed by atoms with Gasteiger partial charge in [0.05, 0.1) is 22.1 Å². The molecule has 0 fully saturated rings. The van der Waals surface area contributed by atoms with Crippen LogP contribution < -0.4 is 0 Å². The molecular weight excluding hydrogens is 659 g/mol. The Kier molecular flexibility index (Phi) is 6.79. The van der Waals surface area contributed by atoms with Crippen LogP contribution in [0.5, 0.6) is 0 Å². The first kappa shape index (κ1) is 30.3. The lowest BCUT2D eigenvalue weighted by Crippen LogP contribution is -2.06. The molecular formula is C49H31N5. The smallest absolute Gasteiger partial charge is 0.238 e. The summed E-state index contributed by atoms with van der Waals surface area (Å²) < 4.78 is 4.59. The SMILES string of the molecule is c1ccc(-c2nc(-c3ccccc3)nc(-n3c4ccccc4c4c5ccccc5c(-c5ccc6c(c5)c5ccccc5n6-c5ccccc5)cc43)n2)cc1. The Morgan fingerprint density at radius 1 is 0.315 bits per heavy atom.